The van der Waals surface area contributed by atoms with Gasteiger partial charge in [-0.25, -0.2) is 0 Å². The van der Waals surface area contributed by atoms with Gasteiger partial charge in [0, 0.05) is 27.9 Å². The van der Waals surface area contributed by atoms with Crippen molar-refractivity contribution in [3.05, 3.63) is 89.2 Å². The number of carbonyl (C=O) groups excluding carboxylic acids is 2. The van der Waals surface area contributed by atoms with Crippen molar-refractivity contribution in [3.8, 4) is 5.75 Å². The number of nitrogens with one attached hydrogen (secondary N) is 2. The molecule has 2 N–H and O–H groups in total. The Labute approximate surface area is 179 Å². The van der Waals surface area contributed by atoms with Crippen LogP contribution in [0.2, 0.25) is 0 Å². The number of fused-ring (bicyclic) bond motifs is 1. The van der Waals surface area contributed by atoms with Crippen LogP contribution in [0, 0.1) is 13.8 Å². The second-order valence-corrected chi connectivity index (χ2v) is 7.17. The third kappa shape index (κ3) is 4.00. The van der Waals surface area contributed by atoms with Crippen LogP contribution in [0.5, 0.6) is 5.75 Å². The summed E-state index contributed by atoms with van der Waals surface area (Å²) in [5.41, 5.74) is 3.73. The lowest BCUT2D eigenvalue weighted by Crippen LogP contribution is -2.17. The molecule has 0 saturated heterocycles. The minimum absolute atomic E-state index is 0.224. The SMILES string of the molecule is COc1ccc2oc(C(=O)Nc3cccc(C(=O)Nc4ccccc4)c3C)c(C)c2c1. The summed E-state index contributed by atoms with van der Waals surface area (Å²) < 4.78 is 11.0. The topological polar surface area (TPSA) is 80.6 Å². The molecule has 1 heterocycles. The molecule has 0 atom stereocenters. The molecule has 4 rings (SSSR count). The number of benzene rings is 3. The van der Waals surface area contributed by atoms with Crippen LogP contribution in [-0.4, -0.2) is 18.9 Å². The molecule has 4 aromatic rings. The maximum Gasteiger partial charge on any atom is 0.291 e. The number of para-hydroxylation sites is 1. The largest absolute Gasteiger partial charge is 0.497 e. The molecule has 0 bridgehead atoms. The van der Waals surface area contributed by atoms with Crippen LogP contribution >= 0.6 is 0 Å². The number of anilines is 2. The van der Waals surface area contributed by atoms with Crippen molar-refractivity contribution in [1.82, 2.24) is 0 Å². The van der Waals surface area contributed by atoms with E-state index >= 15 is 0 Å². The number of rotatable bonds is 5. The van der Waals surface area contributed by atoms with Crippen molar-refractivity contribution in [2.45, 2.75) is 13.8 Å². The Kier molecular flexibility index (Phi) is 5.45. The van der Waals surface area contributed by atoms with Crippen molar-refractivity contribution in [1.29, 1.82) is 0 Å². The zero-order valence-corrected chi connectivity index (χ0v) is 17.5. The summed E-state index contributed by atoms with van der Waals surface area (Å²) in [6.45, 7) is 3.63. The summed E-state index contributed by atoms with van der Waals surface area (Å²) in [5, 5.41) is 6.56. The maximum atomic E-state index is 12.9. The predicted molar refractivity (Wildman–Crippen MR) is 121 cm³/mol. The lowest BCUT2D eigenvalue weighted by molar-refractivity contribution is 0.0994. The minimum Gasteiger partial charge on any atom is -0.497 e. The van der Waals surface area contributed by atoms with Gasteiger partial charge in [-0.2, -0.15) is 0 Å². The number of amides is 2. The van der Waals surface area contributed by atoms with Gasteiger partial charge in [-0.15, -0.1) is 0 Å². The zero-order valence-electron chi connectivity index (χ0n) is 17.5. The van der Waals surface area contributed by atoms with Crippen molar-refractivity contribution in [3.63, 3.8) is 0 Å². The molecule has 0 aliphatic heterocycles. The number of furan rings is 1. The first kappa shape index (κ1) is 20.2. The lowest BCUT2D eigenvalue weighted by Gasteiger charge is -2.12. The van der Waals surface area contributed by atoms with Crippen molar-refractivity contribution < 1.29 is 18.7 Å². The summed E-state index contributed by atoms with van der Waals surface area (Å²) in [4.78, 5) is 25.7. The number of hydrogen-bond donors (Lipinski definition) is 2. The molecule has 31 heavy (non-hydrogen) atoms. The second-order valence-electron chi connectivity index (χ2n) is 7.17. The van der Waals surface area contributed by atoms with E-state index in [0.717, 1.165) is 10.9 Å². The Balaban J connectivity index is 1.59. The van der Waals surface area contributed by atoms with E-state index in [2.05, 4.69) is 10.6 Å². The number of ether oxygens (including phenoxy) is 1. The van der Waals surface area contributed by atoms with E-state index in [4.69, 9.17) is 9.15 Å². The fourth-order valence-electron chi connectivity index (χ4n) is 3.46. The highest BCUT2D eigenvalue weighted by atomic mass is 16.5. The molecule has 6 heteroatoms. The summed E-state index contributed by atoms with van der Waals surface area (Å²) in [6.07, 6.45) is 0. The third-order valence-corrected chi connectivity index (χ3v) is 5.21. The molecule has 0 saturated carbocycles. The van der Waals surface area contributed by atoms with Crippen LogP contribution in [0.25, 0.3) is 11.0 Å². The Morgan fingerprint density at radius 3 is 2.35 bits per heavy atom. The molecule has 0 radical (unpaired) electrons. The molecule has 0 aliphatic rings. The summed E-state index contributed by atoms with van der Waals surface area (Å²) in [7, 11) is 1.59. The molecule has 156 valence electrons. The van der Waals surface area contributed by atoms with E-state index in [-0.39, 0.29) is 17.6 Å². The number of aryl methyl sites for hydroxylation is 1. The molecule has 0 spiro atoms. The quantitative estimate of drug-likeness (QED) is 0.448. The van der Waals surface area contributed by atoms with Crippen LogP contribution in [0.1, 0.15) is 32.0 Å². The van der Waals surface area contributed by atoms with E-state index in [0.29, 0.717) is 33.8 Å². The Hall–Kier alpha value is -4.06. The summed E-state index contributed by atoms with van der Waals surface area (Å²) in [6, 6.07) is 19.8. The van der Waals surface area contributed by atoms with E-state index < -0.39 is 0 Å². The van der Waals surface area contributed by atoms with Gasteiger partial charge in [-0.3, -0.25) is 9.59 Å². The third-order valence-electron chi connectivity index (χ3n) is 5.21. The highest BCUT2D eigenvalue weighted by Gasteiger charge is 2.20. The van der Waals surface area contributed by atoms with Gasteiger partial charge in [0.1, 0.15) is 11.3 Å². The molecule has 0 fully saturated rings. The first-order chi connectivity index (χ1) is 15.0. The molecule has 0 unspecified atom stereocenters. The Morgan fingerprint density at radius 2 is 1.61 bits per heavy atom. The van der Waals surface area contributed by atoms with Gasteiger partial charge in [0.15, 0.2) is 5.76 Å². The average molecular weight is 414 g/mol. The summed E-state index contributed by atoms with van der Waals surface area (Å²) >= 11 is 0. The number of methoxy groups -OCH3 is 1. The van der Waals surface area contributed by atoms with E-state index in [1.54, 1.807) is 44.4 Å². The minimum atomic E-state index is -0.378. The normalized spacial score (nSPS) is 10.7. The summed E-state index contributed by atoms with van der Waals surface area (Å²) in [5.74, 6) is 0.293. The molecule has 1 aromatic heterocycles. The molecule has 3 aromatic carbocycles. The zero-order chi connectivity index (χ0) is 22.0. The highest BCUT2D eigenvalue weighted by Crippen LogP contribution is 2.30. The predicted octanol–water partition coefficient (Wildman–Crippen LogP) is 5.56. The van der Waals surface area contributed by atoms with Gasteiger partial charge in [-0.1, -0.05) is 24.3 Å². The van der Waals surface area contributed by atoms with Gasteiger partial charge in [-0.05, 0) is 61.9 Å². The van der Waals surface area contributed by atoms with Crippen molar-refractivity contribution in [2.24, 2.45) is 0 Å². The lowest BCUT2D eigenvalue weighted by atomic mass is 10.1. The van der Waals surface area contributed by atoms with Crippen LogP contribution in [0.15, 0.2) is 71.1 Å². The van der Waals surface area contributed by atoms with Crippen LogP contribution < -0.4 is 15.4 Å². The van der Waals surface area contributed by atoms with Crippen molar-refractivity contribution in [2.75, 3.05) is 17.7 Å². The fourth-order valence-corrected chi connectivity index (χ4v) is 3.46. The van der Waals surface area contributed by atoms with Crippen LogP contribution in [0.3, 0.4) is 0 Å². The van der Waals surface area contributed by atoms with Gasteiger partial charge in [0.25, 0.3) is 11.8 Å². The van der Waals surface area contributed by atoms with Gasteiger partial charge >= 0.3 is 0 Å². The second kappa shape index (κ2) is 8.36. The van der Waals surface area contributed by atoms with Crippen molar-refractivity contribution >= 4 is 34.2 Å². The Bertz CT molecular complexity index is 1280. The first-order valence-corrected chi connectivity index (χ1v) is 9.82. The van der Waals surface area contributed by atoms with E-state index in [1.807, 2.05) is 43.3 Å². The first-order valence-electron chi connectivity index (χ1n) is 9.82. The highest BCUT2D eigenvalue weighted by molar-refractivity contribution is 6.09. The monoisotopic (exact) mass is 414 g/mol. The number of hydrogen-bond acceptors (Lipinski definition) is 4. The van der Waals surface area contributed by atoms with Crippen LogP contribution in [0.4, 0.5) is 11.4 Å². The maximum absolute atomic E-state index is 12.9. The van der Waals surface area contributed by atoms with Gasteiger partial charge in [0.2, 0.25) is 0 Å². The molecular weight excluding hydrogens is 392 g/mol. The smallest absolute Gasteiger partial charge is 0.291 e. The van der Waals surface area contributed by atoms with Gasteiger partial charge in [0.05, 0.1) is 7.11 Å². The van der Waals surface area contributed by atoms with Crippen LogP contribution in [-0.2, 0) is 0 Å². The number of carbonyl (C=O) groups is 2. The fraction of sp³-hybridized carbons (Fsp3) is 0.120. The Morgan fingerprint density at radius 1 is 0.839 bits per heavy atom. The molecular formula is C25H22N2O4. The molecule has 2 amide bonds. The molecule has 0 aliphatic carbocycles. The standard InChI is InChI=1S/C25H22N2O4/c1-15-19(24(28)26-17-8-5-4-6-9-17)10-7-11-21(15)27-25(29)23-16(2)20-14-18(30-3)12-13-22(20)31-23/h4-14H,1-3H3,(H,26,28)(H,27,29). The molecule has 6 nitrogen and oxygen atoms in total. The van der Waals surface area contributed by atoms with E-state index in [9.17, 15) is 9.59 Å². The van der Waals surface area contributed by atoms with E-state index in [1.165, 1.54) is 0 Å². The average Bonchev–Trinajstić information content (AvgIpc) is 3.11. The van der Waals surface area contributed by atoms with Gasteiger partial charge < -0.3 is 19.8 Å².